The first-order valence-electron chi connectivity index (χ1n) is 11.4. The summed E-state index contributed by atoms with van der Waals surface area (Å²) in [6.07, 6.45) is 5.82. The van der Waals surface area contributed by atoms with Crippen LogP contribution in [0.25, 0.3) is 0 Å². The third-order valence-electron chi connectivity index (χ3n) is 5.77. The largest absolute Gasteiger partial charge is 0.479 e. The molecule has 1 aromatic rings. The number of allylic oxidation sites excluding steroid dienone is 2. The van der Waals surface area contributed by atoms with Gasteiger partial charge in [-0.15, -0.1) is 34.9 Å². The van der Waals surface area contributed by atoms with Gasteiger partial charge in [0.1, 0.15) is 27.5 Å². The highest BCUT2D eigenvalue weighted by molar-refractivity contribution is 8.19. The number of aliphatic carboxylic acids is 2. The van der Waals surface area contributed by atoms with Crippen LogP contribution in [-0.2, 0) is 24.0 Å². The van der Waals surface area contributed by atoms with E-state index in [4.69, 9.17) is 15.7 Å². The zero-order valence-electron chi connectivity index (χ0n) is 20.5. The van der Waals surface area contributed by atoms with Gasteiger partial charge in [0.05, 0.1) is 10.6 Å². The number of carboxylic acid groups (broad SMARTS) is 2. The van der Waals surface area contributed by atoms with Crippen LogP contribution in [0.15, 0.2) is 50.2 Å². The van der Waals surface area contributed by atoms with E-state index in [-0.39, 0.29) is 26.9 Å². The number of aliphatic imine (C=N–C) groups is 1. The second kappa shape index (κ2) is 11.6. The number of carbonyl (C=O) groups excluding carboxylic acids is 2. The van der Waals surface area contributed by atoms with E-state index in [1.54, 1.807) is 11.8 Å². The second-order valence-electron chi connectivity index (χ2n) is 8.52. The Morgan fingerprint density at radius 3 is 2.85 bits per heavy atom. The second-order valence-corrected chi connectivity index (χ2v) is 13.0. The highest BCUT2D eigenvalue weighted by Crippen LogP contribution is 2.44. The minimum atomic E-state index is -1.30. The van der Waals surface area contributed by atoms with E-state index in [0.717, 1.165) is 22.0 Å². The first-order chi connectivity index (χ1) is 19.1. The van der Waals surface area contributed by atoms with Gasteiger partial charge in [0, 0.05) is 36.3 Å². The minimum Gasteiger partial charge on any atom is -0.479 e. The summed E-state index contributed by atoms with van der Waals surface area (Å²) < 4.78 is -0.136. The quantitative estimate of drug-likeness (QED) is 0.162. The molecule has 210 valence electrons. The average Bonchev–Trinajstić information content (AvgIpc) is 3.52. The normalized spacial score (nSPS) is 23.7. The third kappa shape index (κ3) is 5.70. The summed E-state index contributed by atoms with van der Waals surface area (Å²) in [5, 5.41) is 25.8. The van der Waals surface area contributed by atoms with Crippen molar-refractivity contribution in [2.45, 2.75) is 16.1 Å². The maximum Gasteiger partial charge on any atom is 0.352 e. The smallest absolute Gasteiger partial charge is 0.352 e. The molecule has 1 aromatic heterocycles. The summed E-state index contributed by atoms with van der Waals surface area (Å²) in [6, 6.07) is -1.03. The Hall–Kier alpha value is -3.48. The van der Waals surface area contributed by atoms with Crippen molar-refractivity contribution in [3.05, 3.63) is 45.7 Å². The molecule has 40 heavy (non-hydrogen) atoms. The zero-order valence-corrected chi connectivity index (χ0v) is 23.8. The molecule has 5 rings (SSSR count). The number of fused-ring (bicyclic) bond motifs is 2. The van der Waals surface area contributed by atoms with Gasteiger partial charge in [-0.25, -0.2) is 14.6 Å². The number of oxime groups is 1. The molecule has 5 heterocycles. The summed E-state index contributed by atoms with van der Waals surface area (Å²) >= 11 is 5.44. The lowest BCUT2D eigenvalue weighted by Crippen LogP contribution is -2.71. The molecule has 0 saturated carbocycles. The molecule has 14 nitrogen and oxygen atoms in total. The number of thioether (sulfide) groups is 3. The van der Waals surface area contributed by atoms with Gasteiger partial charge in [-0.1, -0.05) is 16.9 Å². The number of hydrogen-bond acceptors (Lipinski definition) is 14. The van der Waals surface area contributed by atoms with E-state index in [2.05, 4.69) is 20.4 Å². The topological polar surface area (TPSA) is 200 Å². The van der Waals surface area contributed by atoms with E-state index in [1.807, 2.05) is 30.4 Å². The van der Waals surface area contributed by atoms with E-state index < -0.39 is 41.8 Å². The van der Waals surface area contributed by atoms with Crippen LogP contribution in [-0.4, -0.2) is 101 Å². The Bertz CT molecular complexity index is 1440. The molecule has 18 heteroatoms. The maximum absolute atomic E-state index is 13.1. The van der Waals surface area contributed by atoms with Crippen molar-refractivity contribution in [2.24, 2.45) is 10.1 Å². The first kappa shape index (κ1) is 28.1. The van der Waals surface area contributed by atoms with Crippen molar-refractivity contribution in [1.82, 2.24) is 20.1 Å². The lowest BCUT2D eigenvalue weighted by Gasteiger charge is -2.49. The number of nitrogens with zero attached hydrogens (tertiary/aromatic N) is 5. The van der Waals surface area contributed by atoms with Crippen molar-refractivity contribution < 1.29 is 34.2 Å². The highest BCUT2D eigenvalue weighted by Gasteiger charge is 2.54. The molecule has 0 aliphatic carbocycles. The first-order valence-corrected chi connectivity index (χ1v) is 15.3. The minimum absolute atomic E-state index is 0.0434. The standard InChI is InChI=1S/C22H21N7O7S4/c1-28-3-2-10-12(4-28)40-22(25-10)39-7-9-6-37-19-15(18(33)29(19)16(9)20(34)35)26-17(32)14(27-36-5-13(30)31)11-8-38-21(23)24-11/h2-4,8,15,19,22H,5-7H2,1H3,(H2,23,24)(H,26,32)(H,30,31)(H,34,35)/b27-14-/t15?,19-,22?/m1/s1. The number of amides is 2. The Morgan fingerprint density at radius 2 is 2.15 bits per heavy atom. The number of anilines is 1. The van der Waals surface area contributed by atoms with Gasteiger partial charge in [-0.05, 0) is 11.6 Å². The molecule has 3 atom stereocenters. The summed E-state index contributed by atoms with van der Waals surface area (Å²) in [5.41, 5.74) is 6.71. The predicted molar refractivity (Wildman–Crippen MR) is 153 cm³/mol. The molecule has 0 aromatic carbocycles. The van der Waals surface area contributed by atoms with Crippen LogP contribution in [0.1, 0.15) is 5.69 Å². The summed E-state index contributed by atoms with van der Waals surface area (Å²) in [7, 11) is 1.93. The molecule has 0 bridgehead atoms. The summed E-state index contributed by atoms with van der Waals surface area (Å²) in [4.78, 5) is 66.6. The molecular weight excluding hydrogens is 603 g/mol. The van der Waals surface area contributed by atoms with Gasteiger partial charge in [-0.2, -0.15) is 0 Å². The SMILES string of the molecule is CN1C=CC2=NC(SCC3=C(C(=O)O)N4C(=O)C(NC(=O)/C(=N\OCC(=O)O)c5csc(N)n5)[C@H]4SC3)SC2=C1. The fraction of sp³-hybridized carbons (Fsp3) is 0.318. The van der Waals surface area contributed by atoms with Gasteiger partial charge >= 0.3 is 11.9 Å². The molecule has 0 radical (unpaired) electrons. The van der Waals surface area contributed by atoms with E-state index in [1.165, 1.54) is 33.8 Å². The molecule has 0 spiro atoms. The number of thiazole rings is 1. The molecule has 1 saturated heterocycles. The number of β-lactam (4-membered cyclic amide) rings is 1. The lowest BCUT2D eigenvalue weighted by atomic mass is 10.0. The van der Waals surface area contributed by atoms with Crippen LogP contribution in [0.3, 0.4) is 0 Å². The lowest BCUT2D eigenvalue weighted by molar-refractivity contribution is -0.150. The number of aromatic nitrogens is 1. The van der Waals surface area contributed by atoms with Gasteiger partial charge in [0.2, 0.25) is 6.61 Å². The Morgan fingerprint density at radius 1 is 1.35 bits per heavy atom. The maximum atomic E-state index is 13.1. The summed E-state index contributed by atoms with van der Waals surface area (Å²) in [6.45, 7) is -0.796. The highest BCUT2D eigenvalue weighted by atomic mass is 32.2. The van der Waals surface area contributed by atoms with Crippen LogP contribution >= 0.6 is 46.6 Å². The average molecular weight is 624 g/mol. The Labute approximate surface area is 243 Å². The van der Waals surface area contributed by atoms with Crippen molar-refractivity contribution in [2.75, 3.05) is 30.9 Å². The Kier molecular flexibility index (Phi) is 8.11. The van der Waals surface area contributed by atoms with E-state index in [0.29, 0.717) is 17.1 Å². The van der Waals surface area contributed by atoms with Gasteiger partial charge in [-0.3, -0.25) is 19.5 Å². The number of carboxylic acids is 2. The molecule has 2 amide bonds. The Balaban J connectivity index is 1.27. The fourth-order valence-electron chi connectivity index (χ4n) is 4.01. The van der Waals surface area contributed by atoms with Gasteiger partial charge < -0.3 is 31.0 Å². The van der Waals surface area contributed by atoms with Crippen LogP contribution in [0.4, 0.5) is 5.13 Å². The monoisotopic (exact) mass is 623 g/mol. The van der Waals surface area contributed by atoms with Gasteiger partial charge in [0.15, 0.2) is 10.8 Å². The van der Waals surface area contributed by atoms with Crippen LogP contribution in [0.2, 0.25) is 0 Å². The zero-order chi connectivity index (χ0) is 28.6. The van der Waals surface area contributed by atoms with Crippen LogP contribution in [0, 0.1) is 0 Å². The van der Waals surface area contributed by atoms with Crippen molar-refractivity contribution in [3.63, 3.8) is 0 Å². The van der Waals surface area contributed by atoms with E-state index in [9.17, 15) is 24.3 Å². The van der Waals surface area contributed by atoms with E-state index >= 15 is 0 Å². The van der Waals surface area contributed by atoms with Crippen molar-refractivity contribution in [3.8, 4) is 0 Å². The molecule has 1 fully saturated rings. The van der Waals surface area contributed by atoms with Crippen LogP contribution in [0.5, 0.6) is 0 Å². The molecular formula is C22H21N7O7S4. The van der Waals surface area contributed by atoms with Crippen LogP contribution < -0.4 is 11.1 Å². The number of hydrogen-bond donors (Lipinski definition) is 4. The molecule has 2 unspecified atom stereocenters. The summed E-state index contributed by atoms with van der Waals surface area (Å²) in [5.74, 6) is -3.25. The number of nitrogens with two attached hydrogens (primary N) is 1. The fourth-order valence-corrected chi connectivity index (χ4v) is 8.44. The number of nitrogens with one attached hydrogen (secondary N) is 1. The number of carbonyl (C=O) groups is 4. The van der Waals surface area contributed by atoms with Crippen molar-refractivity contribution in [1.29, 1.82) is 0 Å². The molecule has 5 N–H and O–H groups in total. The molecule has 4 aliphatic rings. The molecule has 4 aliphatic heterocycles. The number of rotatable bonds is 10. The van der Waals surface area contributed by atoms with Gasteiger partial charge in [0.25, 0.3) is 11.8 Å². The number of nitrogen functional groups attached to an aromatic ring is 1. The predicted octanol–water partition coefficient (Wildman–Crippen LogP) is 0.774. The third-order valence-corrected chi connectivity index (χ3v) is 10.3. The van der Waals surface area contributed by atoms with Crippen molar-refractivity contribution >= 4 is 86.9 Å².